The Morgan fingerprint density at radius 2 is 1.78 bits per heavy atom. The zero-order valence-electron chi connectivity index (χ0n) is 12.1. The van der Waals surface area contributed by atoms with Crippen LogP contribution in [0.2, 0.25) is 0 Å². The normalized spacial score (nSPS) is 18.6. The Bertz CT molecular complexity index is 243. The minimum Gasteiger partial charge on any atom is -0.387 e. The molecule has 0 aromatic heterocycles. The fourth-order valence-electron chi connectivity index (χ4n) is 2.46. The average Bonchev–Trinajstić information content (AvgIpc) is 2.57. The lowest BCUT2D eigenvalue weighted by molar-refractivity contribution is 0.0402. The summed E-state index contributed by atoms with van der Waals surface area (Å²) in [5.41, 5.74) is 5.42. The lowest BCUT2D eigenvalue weighted by atomic mass is 9.86. The van der Waals surface area contributed by atoms with Crippen LogP contribution in [0.4, 0.5) is 0 Å². The van der Waals surface area contributed by atoms with Crippen LogP contribution in [0, 0.1) is 10.8 Å². The van der Waals surface area contributed by atoms with Gasteiger partial charge in [0.15, 0.2) is 0 Å². The van der Waals surface area contributed by atoms with Gasteiger partial charge in [-0.25, -0.2) is 0 Å². The van der Waals surface area contributed by atoms with Crippen molar-refractivity contribution in [2.24, 2.45) is 11.1 Å². The van der Waals surface area contributed by atoms with Crippen molar-refractivity contribution in [3.05, 3.63) is 0 Å². The molecule has 0 aromatic carbocycles. The summed E-state index contributed by atoms with van der Waals surface area (Å²) in [7, 11) is 0. The Labute approximate surface area is 112 Å². The maximum atomic E-state index is 7.51. The molecule has 106 valence electrons. The third kappa shape index (κ3) is 5.85. The quantitative estimate of drug-likeness (QED) is 0.314. The molecular weight excluding hydrogens is 224 g/mol. The summed E-state index contributed by atoms with van der Waals surface area (Å²) in [6, 6.07) is 0. The van der Waals surface area contributed by atoms with Crippen molar-refractivity contribution in [2.45, 2.75) is 77.7 Å². The van der Waals surface area contributed by atoms with E-state index in [0.717, 1.165) is 25.9 Å². The van der Waals surface area contributed by atoms with Gasteiger partial charge in [0, 0.05) is 12.0 Å². The minimum absolute atomic E-state index is 0.150. The third-order valence-electron chi connectivity index (χ3n) is 4.08. The van der Waals surface area contributed by atoms with Crippen molar-refractivity contribution in [1.82, 2.24) is 0 Å². The molecular formula is C15H30N2O. The number of nitrogens with two attached hydrogens (primary N) is 1. The van der Waals surface area contributed by atoms with Crippen LogP contribution in [0.15, 0.2) is 0 Å². The van der Waals surface area contributed by atoms with E-state index in [-0.39, 0.29) is 5.41 Å². The first-order valence-electron chi connectivity index (χ1n) is 7.48. The molecule has 1 aliphatic rings. The van der Waals surface area contributed by atoms with E-state index < -0.39 is 0 Å². The summed E-state index contributed by atoms with van der Waals surface area (Å²) >= 11 is 0. The highest BCUT2D eigenvalue weighted by atomic mass is 16.5. The van der Waals surface area contributed by atoms with Crippen molar-refractivity contribution in [1.29, 1.82) is 5.41 Å². The zero-order chi connectivity index (χ0) is 13.4. The van der Waals surface area contributed by atoms with Gasteiger partial charge in [0.05, 0.1) is 11.9 Å². The van der Waals surface area contributed by atoms with Crippen LogP contribution in [-0.2, 0) is 4.74 Å². The number of ether oxygens (including phenoxy) is 1. The predicted molar refractivity (Wildman–Crippen MR) is 77.0 cm³/mol. The first kappa shape index (κ1) is 15.5. The number of hydrogen-bond donors (Lipinski definition) is 2. The SMILES string of the molecule is CC(C)(CCCCOC1CCCCCC1)C(=N)N. The molecule has 0 spiro atoms. The second kappa shape index (κ2) is 7.78. The van der Waals surface area contributed by atoms with Gasteiger partial charge in [0.25, 0.3) is 0 Å². The molecule has 0 atom stereocenters. The van der Waals surface area contributed by atoms with Gasteiger partial charge in [-0.05, 0) is 25.7 Å². The summed E-state index contributed by atoms with van der Waals surface area (Å²) in [5.74, 6) is 0.298. The number of unbranched alkanes of at least 4 members (excludes halogenated alkanes) is 1. The predicted octanol–water partition coefficient (Wildman–Crippen LogP) is 3.86. The van der Waals surface area contributed by atoms with E-state index in [1.165, 1.54) is 38.5 Å². The number of rotatable bonds is 7. The fraction of sp³-hybridized carbons (Fsp3) is 0.933. The fourth-order valence-corrected chi connectivity index (χ4v) is 2.46. The number of amidine groups is 1. The molecule has 3 N–H and O–H groups in total. The molecule has 1 rings (SSSR count). The highest BCUT2D eigenvalue weighted by Gasteiger charge is 2.20. The van der Waals surface area contributed by atoms with Gasteiger partial charge in [-0.1, -0.05) is 46.0 Å². The molecule has 0 radical (unpaired) electrons. The van der Waals surface area contributed by atoms with E-state index in [1.54, 1.807) is 0 Å². The van der Waals surface area contributed by atoms with E-state index in [4.69, 9.17) is 15.9 Å². The third-order valence-corrected chi connectivity index (χ3v) is 4.08. The Morgan fingerprint density at radius 1 is 1.17 bits per heavy atom. The van der Waals surface area contributed by atoms with Crippen molar-refractivity contribution >= 4 is 5.84 Å². The van der Waals surface area contributed by atoms with Crippen molar-refractivity contribution in [2.75, 3.05) is 6.61 Å². The maximum absolute atomic E-state index is 7.51. The molecule has 3 nitrogen and oxygen atoms in total. The molecule has 18 heavy (non-hydrogen) atoms. The van der Waals surface area contributed by atoms with Crippen LogP contribution < -0.4 is 5.73 Å². The second-order valence-corrected chi connectivity index (χ2v) is 6.24. The maximum Gasteiger partial charge on any atom is 0.0963 e. The van der Waals surface area contributed by atoms with E-state index >= 15 is 0 Å². The lowest BCUT2D eigenvalue weighted by Gasteiger charge is -2.23. The summed E-state index contributed by atoms with van der Waals surface area (Å²) in [4.78, 5) is 0. The van der Waals surface area contributed by atoms with E-state index in [9.17, 15) is 0 Å². The number of hydrogen-bond acceptors (Lipinski definition) is 2. The van der Waals surface area contributed by atoms with Crippen LogP contribution in [0.3, 0.4) is 0 Å². The molecule has 1 fully saturated rings. The van der Waals surface area contributed by atoms with Crippen LogP contribution in [0.5, 0.6) is 0 Å². The molecule has 0 unspecified atom stereocenters. The smallest absolute Gasteiger partial charge is 0.0963 e. The van der Waals surface area contributed by atoms with Gasteiger partial charge in [-0.3, -0.25) is 5.41 Å². The van der Waals surface area contributed by atoms with Crippen LogP contribution in [-0.4, -0.2) is 18.5 Å². The Hall–Kier alpha value is -0.570. The summed E-state index contributed by atoms with van der Waals surface area (Å²) in [6.07, 6.45) is 11.6. The first-order chi connectivity index (χ1) is 8.52. The average molecular weight is 254 g/mol. The summed E-state index contributed by atoms with van der Waals surface area (Å²) in [5, 5.41) is 7.51. The molecule has 3 heteroatoms. The standard InChI is InChI=1S/C15H30N2O/c1-15(2,14(16)17)11-7-8-12-18-13-9-5-3-4-6-10-13/h13H,3-12H2,1-2H3,(H3,16,17). The summed E-state index contributed by atoms with van der Waals surface area (Å²) in [6.45, 7) is 4.96. The number of nitrogens with one attached hydrogen (secondary N) is 1. The Kier molecular flexibility index (Phi) is 6.69. The van der Waals surface area contributed by atoms with Crippen molar-refractivity contribution in [3.63, 3.8) is 0 Å². The lowest BCUT2D eigenvalue weighted by Crippen LogP contribution is -2.30. The molecule has 0 aliphatic heterocycles. The molecule has 0 bridgehead atoms. The monoisotopic (exact) mass is 254 g/mol. The van der Waals surface area contributed by atoms with Gasteiger partial charge < -0.3 is 10.5 Å². The molecule has 0 amide bonds. The van der Waals surface area contributed by atoms with Crippen LogP contribution in [0.1, 0.15) is 71.6 Å². The molecule has 1 aliphatic carbocycles. The largest absolute Gasteiger partial charge is 0.387 e. The highest BCUT2D eigenvalue weighted by Crippen LogP contribution is 2.23. The minimum atomic E-state index is -0.150. The molecule has 0 saturated heterocycles. The second-order valence-electron chi connectivity index (χ2n) is 6.24. The van der Waals surface area contributed by atoms with Gasteiger partial charge >= 0.3 is 0 Å². The Balaban J connectivity index is 2.06. The van der Waals surface area contributed by atoms with Gasteiger partial charge in [0.2, 0.25) is 0 Å². The van der Waals surface area contributed by atoms with E-state index in [0.29, 0.717) is 11.9 Å². The topological polar surface area (TPSA) is 59.1 Å². The molecule has 0 aromatic rings. The van der Waals surface area contributed by atoms with Crippen molar-refractivity contribution < 1.29 is 4.74 Å². The highest BCUT2D eigenvalue weighted by molar-refractivity contribution is 5.82. The van der Waals surface area contributed by atoms with Crippen LogP contribution in [0.25, 0.3) is 0 Å². The molecule has 1 saturated carbocycles. The Morgan fingerprint density at radius 3 is 2.33 bits per heavy atom. The van der Waals surface area contributed by atoms with Gasteiger partial charge in [-0.15, -0.1) is 0 Å². The van der Waals surface area contributed by atoms with Crippen molar-refractivity contribution in [3.8, 4) is 0 Å². The zero-order valence-corrected chi connectivity index (χ0v) is 12.1. The summed E-state index contributed by atoms with van der Waals surface area (Å²) < 4.78 is 5.95. The molecule has 0 heterocycles. The van der Waals surface area contributed by atoms with E-state index in [2.05, 4.69) is 0 Å². The van der Waals surface area contributed by atoms with E-state index in [1.807, 2.05) is 13.8 Å². The van der Waals surface area contributed by atoms with Gasteiger partial charge in [0.1, 0.15) is 0 Å². The van der Waals surface area contributed by atoms with Crippen LogP contribution >= 0.6 is 0 Å². The van der Waals surface area contributed by atoms with Gasteiger partial charge in [-0.2, -0.15) is 0 Å². The first-order valence-corrected chi connectivity index (χ1v) is 7.48.